The van der Waals surface area contributed by atoms with Crippen molar-refractivity contribution in [3.63, 3.8) is 0 Å². The van der Waals surface area contributed by atoms with Gasteiger partial charge in [-0.1, -0.05) is 73.4 Å². The van der Waals surface area contributed by atoms with Crippen LogP contribution in [0.25, 0.3) is 0 Å². The number of amidine groups is 1. The lowest BCUT2D eigenvalue weighted by atomic mass is 9.93. The lowest BCUT2D eigenvalue weighted by Gasteiger charge is -2.36. The van der Waals surface area contributed by atoms with E-state index < -0.39 is 6.04 Å². The Morgan fingerprint density at radius 1 is 0.951 bits per heavy atom. The standard InChI is InChI=1S/C31H34Cl2N4O3.ClH/c1-21(2)19-39-20-40-27-6-4-3-5-26(27)30-35-28(22-7-11-24(32)12-8-22)29(23-9-13-25(33)14-10-23)37(30)31(38)36-17-15-34-16-18-36;/h3-14,21,28-29,34H,15-20H2,1-2H3;1H. The van der Waals surface area contributed by atoms with Gasteiger partial charge in [-0.3, -0.25) is 9.89 Å². The Labute approximate surface area is 257 Å². The summed E-state index contributed by atoms with van der Waals surface area (Å²) in [6, 6.07) is 22.1. The largest absolute Gasteiger partial charge is 0.467 e. The number of hydrogen-bond donors (Lipinski definition) is 1. The molecule has 2 amide bonds. The minimum atomic E-state index is -0.402. The van der Waals surface area contributed by atoms with Crippen LogP contribution < -0.4 is 10.1 Å². The van der Waals surface area contributed by atoms with Crippen molar-refractivity contribution < 1.29 is 14.3 Å². The monoisotopic (exact) mass is 616 g/mol. The summed E-state index contributed by atoms with van der Waals surface area (Å²) >= 11 is 12.5. The second-order valence-corrected chi connectivity index (χ2v) is 11.2. The third-order valence-corrected chi connectivity index (χ3v) is 7.46. The molecule has 0 spiro atoms. The van der Waals surface area contributed by atoms with Crippen molar-refractivity contribution in [1.82, 2.24) is 15.1 Å². The van der Waals surface area contributed by atoms with Crippen molar-refractivity contribution in [2.24, 2.45) is 10.9 Å². The second-order valence-electron chi connectivity index (χ2n) is 10.4. The van der Waals surface area contributed by atoms with Gasteiger partial charge in [0.2, 0.25) is 0 Å². The molecule has 0 radical (unpaired) electrons. The zero-order valence-corrected chi connectivity index (χ0v) is 25.5. The number of benzene rings is 3. The molecule has 10 heteroatoms. The van der Waals surface area contributed by atoms with E-state index in [2.05, 4.69) is 19.2 Å². The van der Waals surface area contributed by atoms with Crippen LogP contribution in [0.3, 0.4) is 0 Å². The van der Waals surface area contributed by atoms with Crippen LogP contribution in [0.1, 0.15) is 42.6 Å². The summed E-state index contributed by atoms with van der Waals surface area (Å²) in [5.74, 6) is 1.56. The number of hydrogen-bond acceptors (Lipinski definition) is 5. The van der Waals surface area contributed by atoms with Crippen LogP contribution in [0.5, 0.6) is 5.75 Å². The summed E-state index contributed by atoms with van der Waals surface area (Å²) in [4.78, 5) is 23.3. The Hall–Kier alpha value is -2.81. The topological polar surface area (TPSA) is 66.4 Å². The highest BCUT2D eigenvalue weighted by Crippen LogP contribution is 2.45. The summed E-state index contributed by atoms with van der Waals surface area (Å²) in [6.07, 6.45) is 0. The third kappa shape index (κ3) is 7.34. The average Bonchev–Trinajstić information content (AvgIpc) is 3.36. The van der Waals surface area contributed by atoms with Gasteiger partial charge < -0.3 is 19.7 Å². The first-order valence-corrected chi connectivity index (χ1v) is 14.4. The number of carbonyl (C=O) groups excluding carboxylic acids is 1. The third-order valence-electron chi connectivity index (χ3n) is 6.96. The Kier molecular flexibility index (Phi) is 10.9. The number of urea groups is 1. The van der Waals surface area contributed by atoms with Gasteiger partial charge in [0, 0.05) is 36.2 Å². The normalized spacial score (nSPS) is 18.7. The van der Waals surface area contributed by atoms with E-state index in [0.29, 0.717) is 47.2 Å². The van der Waals surface area contributed by atoms with Crippen molar-refractivity contribution in [3.8, 4) is 5.75 Å². The molecule has 2 atom stereocenters. The van der Waals surface area contributed by atoms with Gasteiger partial charge in [0.1, 0.15) is 17.6 Å². The second kappa shape index (κ2) is 14.4. The van der Waals surface area contributed by atoms with Gasteiger partial charge in [0.25, 0.3) is 0 Å². The smallest absolute Gasteiger partial charge is 0.326 e. The molecule has 1 saturated heterocycles. The summed E-state index contributed by atoms with van der Waals surface area (Å²) in [6.45, 7) is 7.59. The quantitative estimate of drug-likeness (QED) is 0.219. The van der Waals surface area contributed by atoms with Crippen LogP contribution in [-0.2, 0) is 4.74 Å². The van der Waals surface area contributed by atoms with Gasteiger partial charge in [0.05, 0.1) is 18.2 Å². The van der Waals surface area contributed by atoms with Crippen LogP contribution in [0.15, 0.2) is 77.8 Å². The van der Waals surface area contributed by atoms with Crippen LogP contribution in [0.4, 0.5) is 4.79 Å². The molecule has 0 bridgehead atoms. The summed E-state index contributed by atoms with van der Waals surface area (Å²) in [5, 5.41) is 4.61. The molecule has 2 heterocycles. The van der Waals surface area contributed by atoms with E-state index in [-0.39, 0.29) is 31.3 Å². The number of aliphatic imine (C=N–C) groups is 1. The van der Waals surface area contributed by atoms with Crippen LogP contribution in [-0.4, -0.2) is 61.2 Å². The number of nitrogens with zero attached hydrogens (tertiary/aromatic N) is 3. The fourth-order valence-corrected chi connectivity index (χ4v) is 5.28. The lowest BCUT2D eigenvalue weighted by Crippen LogP contribution is -2.53. The maximum absolute atomic E-state index is 14.3. The fourth-order valence-electron chi connectivity index (χ4n) is 5.03. The highest BCUT2D eigenvalue weighted by Gasteiger charge is 2.44. The zero-order chi connectivity index (χ0) is 28.1. The predicted octanol–water partition coefficient (Wildman–Crippen LogP) is 6.99. The maximum Gasteiger partial charge on any atom is 0.326 e. The summed E-state index contributed by atoms with van der Waals surface area (Å²) < 4.78 is 11.8. The number of halogens is 3. The molecule has 5 rings (SSSR count). The van der Waals surface area contributed by atoms with Crippen molar-refractivity contribution in [3.05, 3.63) is 99.5 Å². The molecule has 7 nitrogen and oxygen atoms in total. The van der Waals surface area contributed by atoms with Crippen molar-refractivity contribution in [2.75, 3.05) is 39.6 Å². The van der Waals surface area contributed by atoms with E-state index >= 15 is 0 Å². The molecule has 3 aromatic rings. The SMILES string of the molecule is CC(C)COCOc1ccccc1C1=NC(c2ccc(Cl)cc2)C(c2ccc(Cl)cc2)N1C(=O)N1CCNCC1.Cl. The summed E-state index contributed by atoms with van der Waals surface area (Å²) in [7, 11) is 0. The first-order chi connectivity index (χ1) is 19.4. The maximum atomic E-state index is 14.3. The van der Waals surface area contributed by atoms with Gasteiger partial charge in [-0.25, -0.2) is 4.79 Å². The van der Waals surface area contributed by atoms with Crippen molar-refractivity contribution in [1.29, 1.82) is 0 Å². The number of amides is 2. The first kappa shape index (κ1) is 31.1. The molecule has 1 fully saturated rings. The molecular weight excluding hydrogens is 583 g/mol. The Morgan fingerprint density at radius 3 is 2.20 bits per heavy atom. The number of ether oxygens (including phenoxy) is 2. The van der Waals surface area contributed by atoms with Crippen LogP contribution in [0.2, 0.25) is 10.0 Å². The minimum absolute atomic E-state index is 0. The summed E-state index contributed by atoms with van der Waals surface area (Å²) in [5.41, 5.74) is 2.62. The van der Waals surface area contributed by atoms with E-state index in [1.165, 1.54) is 0 Å². The first-order valence-electron chi connectivity index (χ1n) is 13.6. The van der Waals surface area contributed by atoms with E-state index in [0.717, 1.165) is 29.8 Å². The van der Waals surface area contributed by atoms with Gasteiger partial charge >= 0.3 is 6.03 Å². The number of piperazine rings is 1. The van der Waals surface area contributed by atoms with Crippen molar-refractivity contribution in [2.45, 2.75) is 25.9 Å². The molecule has 1 N–H and O–H groups in total. The fraction of sp³-hybridized carbons (Fsp3) is 0.355. The molecule has 2 aliphatic heterocycles. The van der Waals surface area contributed by atoms with Gasteiger partial charge in [-0.2, -0.15) is 0 Å². The number of rotatable bonds is 8. The number of para-hydroxylation sites is 1. The predicted molar refractivity (Wildman–Crippen MR) is 167 cm³/mol. The van der Waals surface area contributed by atoms with E-state index in [1.54, 1.807) is 0 Å². The zero-order valence-electron chi connectivity index (χ0n) is 23.1. The average molecular weight is 618 g/mol. The Balaban J connectivity index is 0.00000387. The van der Waals surface area contributed by atoms with Crippen LogP contribution in [0, 0.1) is 5.92 Å². The highest BCUT2D eigenvalue weighted by molar-refractivity contribution is 6.30. The van der Waals surface area contributed by atoms with Crippen LogP contribution >= 0.6 is 35.6 Å². The molecule has 2 aliphatic rings. The van der Waals surface area contributed by atoms with Gasteiger partial charge in [-0.15, -0.1) is 12.4 Å². The Bertz CT molecular complexity index is 1330. The highest BCUT2D eigenvalue weighted by atomic mass is 35.5. The molecular formula is C31H35Cl3N4O3. The molecule has 218 valence electrons. The minimum Gasteiger partial charge on any atom is -0.467 e. The molecule has 2 unspecified atom stereocenters. The van der Waals surface area contributed by atoms with E-state index in [9.17, 15) is 4.79 Å². The molecule has 0 aromatic heterocycles. The van der Waals surface area contributed by atoms with Gasteiger partial charge in [-0.05, 0) is 53.4 Å². The number of nitrogens with one attached hydrogen (secondary N) is 1. The molecule has 0 saturated carbocycles. The lowest BCUT2D eigenvalue weighted by molar-refractivity contribution is 0.00259. The van der Waals surface area contributed by atoms with Gasteiger partial charge in [0.15, 0.2) is 6.79 Å². The van der Waals surface area contributed by atoms with E-state index in [1.807, 2.05) is 82.6 Å². The molecule has 0 aliphatic carbocycles. The Morgan fingerprint density at radius 2 is 1.56 bits per heavy atom. The van der Waals surface area contributed by atoms with E-state index in [4.69, 9.17) is 37.7 Å². The molecule has 41 heavy (non-hydrogen) atoms. The molecule has 3 aromatic carbocycles. The number of carbonyl (C=O) groups is 1. The van der Waals surface area contributed by atoms with Crippen molar-refractivity contribution >= 4 is 47.5 Å².